The van der Waals surface area contributed by atoms with Crippen LogP contribution in [0, 0.1) is 11.8 Å². The number of para-hydroxylation sites is 1. The number of ether oxygens (including phenoxy) is 2. The Kier molecular flexibility index (Phi) is 9.21. The van der Waals surface area contributed by atoms with Crippen LogP contribution >= 0.6 is 15.9 Å². The maximum absolute atomic E-state index is 12.8. The highest BCUT2D eigenvalue weighted by molar-refractivity contribution is 9.10. The second-order valence-electron chi connectivity index (χ2n) is 10.2. The van der Waals surface area contributed by atoms with Gasteiger partial charge in [0.1, 0.15) is 10.7 Å². The fourth-order valence-corrected chi connectivity index (χ4v) is 6.81. The van der Waals surface area contributed by atoms with Crippen molar-refractivity contribution in [1.82, 2.24) is 14.7 Å². The van der Waals surface area contributed by atoms with Crippen LogP contribution in [0.4, 0.5) is 24.9 Å². The van der Waals surface area contributed by atoms with Crippen LogP contribution < -0.4 is 19.7 Å². The van der Waals surface area contributed by atoms with E-state index < -0.39 is 27.0 Å². The molecule has 0 amide bonds. The molecule has 14 heteroatoms. The second-order valence-corrected chi connectivity index (χ2v) is 12.9. The van der Waals surface area contributed by atoms with Gasteiger partial charge in [0.15, 0.2) is 5.75 Å². The van der Waals surface area contributed by atoms with Crippen LogP contribution in [0.25, 0.3) is 10.9 Å². The molecule has 222 valence electrons. The van der Waals surface area contributed by atoms with Gasteiger partial charge in [-0.3, -0.25) is 0 Å². The van der Waals surface area contributed by atoms with Crippen molar-refractivity contribution in [3.63, 3.8) is 0 Å². The average molecular weight is 659 g/mol. The number of fused-ring (bicyclic) bond motifs is 1. The van der Waals surface area contributed by atoms with Crippen LogP contribution in [0.2, 0.25) is 0 Å². The Labute approximate surface area is 245 Å². The Morgan fingerprint density at radius 2 is 1.68 bits per heavy atom. The summed E-state index contributed by atoms with van der Waals surface area (Å²) in [6.45, 7) is 3.69. The van der Waals surface area contributed by atoms with Crippen molar-refractivity contribution in [3.05, 3.63) is 46.9 Å². The number of aromatic nitrogens is 2. The summed E-state index contributed by atoms with van der Waals surface area (Å²) < 4.78 is 76.4. The predicted octanol–water partition coefficient (Wildman–Crippen LogP) is 5.32. The predicted molar refractivity (Wildman–Crippen MR) is 153 cm³/mol. The van der Waals surface area contributed by atoms with Crippen molar-refractivity contribution in [3.8, 4) is 5.75 Å². The van der Waals surface area contributed by atoms with E-state index >= 15 is 0 Å². The minimum absolute atomic E-state index is 0.0771. The van der Waals surface area contributed by atoms with E-state index in [2.05, 4.69) is 35.6 Å². The fourth-order valence-electron chi connectivity index (χ4n) is 5.24. The van der Waals surface area contributed by atoms with Gasteiger partial charge in [-0.05, 0) is 67.9 Å². The number of hydrogen-bond donors (Lipinski definition) is 2. The van der Waals surface area contributed by atoms with Gasteiger partial charge in [-0.2, -0.15) is 4.98 Å². The molecule has 2 heterocycles. The molecular formula is C27H31BrF3N5O4S. The van der Waals surface area contributed by atoms with Gasteiger partial charge < -0.3 is 19.7 Å². The number of benzene rings is 2. The van der Waals surface area contributed by atoms with E-state index in [1.165, 1.54) is 6.07 Å². The summed E-state index contributed by atoms with van der Waals surface area (Å²) in [7, 11) is -4.21. The largest absolute Gasteiger partial charge is 0.573 e. The molecule has 1 saturated carbocycles. The molecule has 2 N–H and O–H groups in total. The van der Waals surface area contributed by atoms with Gasteiger partial charge >= 0.3 is 6.36 Å². The molecule has 0 radical (unpaired) electrons. The van der Waals surface area contributed by atoms with Crippen molar-refractivity contribution >= 4 is 48.6 Å². The molecule has 1 aliphatic carbocycles. The van der Waals surface area contributed by atoms with Gasteiger partial charge in [0.2, 0.25) is 16.0 Å². The number of hydrogen-bond acceptors (Lipinski definition) is 8. The molecule has 1 saturated heterocycles. The van der Waals surface area contributed by atoms with Crippen molar-refractivity contribution < 1.29 is 31.1 Å². The molecule has 2 aromatic carbocycles. The lowest BCUT2D eigenvalue weighted by Gasteiger charge is -2.30. The smallest absolute Gasteiger partial charge is 0.404 e. The Morgan fingerprint density at radius 3 is 2.39 bits per heavy atom. The highest BCUT2D eigenvalue weighted by Gasteiger charge is 2.34. The van der Waals surface area contributed by atoms with Crippen molar-refractivity contribution in [2.75, 3.05) is 49.6 Å². The first kappa shape index (κ1) is 29.8. The van der Waals surface area contributed by atoms with Crippen LogP contribution in [-0.4, -0.2) is 64.1 Å². The number of halogens is 4. The summed E-state index contributed by atoms with van der Waals surface area (Å²) in [6, 6.07) is 11.4. The van der Waals surface area contributed by atoms with Gasteiger partial charge in [-0.25, -0.2) is 18.1 Å². The third kappa shape index (κ3) is 7.79. The van der Waals surface area contributed by atoms with Crippen LogP contribution in [0.15, 0.2) is 51.8 Å². The third-order valence-corrected chi connectivity index (χ3v) is 9.35. The van der Waals surface area contributed by atoms with Gasteiger partial charge in [0.25, 0.3) is 0 Å². The standard InChI is InChI=1S/C27H31BrF3N5O4S/c28-20-9-10-24(23(15-20)40-27(29,30)31)41(37,38)33-17-19-7-5-18(6-8-19)16-32-26-34-22-4-2-1-3-21(22)25(35-26)36-11-13-39-14-12-36/h1-4,9-10,15,18-19,33H,5-8,11-14,16-17H2,(H,32,34,35). The number of nitrogens with zero attached hydrogens (tertiary/aromatic N) is 3. The molecule has 0 atom stereocenters. The Morgan fingerprint density at radius 1 is 1.00 bits per heavy atom. The van der Waals surface area contributed by atoms with E-state index in [9.17, 15) is 21.6 Å². The molecule has 5 rings (SSSR count). The first-order valence-corrected chi connectivity index (χ1v) is 15.7. The lowest BCUT2D eigenvalue weighted by atomic mass is 9.82. The maximum atomic E-state index is 12.8. The maximum Gasteiger partial charge on any atom is 0.573 e. The molecule has 9 nitrogen and oxygen atoms in total. The zero-order chi connectivity index (χ0) is 29.0. The topological polar surface area (TPSA) is 106 Å². The third-order valence-electron chi connectivity index (χ3n) is 7.39. The lowest BCUT2D eigenvalue weighted by molar-refractivity contribution is -0.275. The van der Waals surface area contributed by atoms with E-state index in [1.54, 1.807) is 0 Å². The number of morpholine rings is 1. The molecule has 1 aliphatic heterocycles. The monoisotopic (exact) mass is 657 g/mol. The molecule has 0 unspecified atom stereocenters. The van der Waals surface area contributed by atoms with Gasteiger partial charge in [0.05, 0.1) is 18.7 Å². The Hall–Kier alpha value is -2.68. The molecule has 1 aromatic heterocycles. The summed E-state index contributed by atoms with van der Waals surface area (Å²) in [4.78, 5) is 11.2. The molecule has 2 aliphatic rings. The molecule has 41 heavy (non-hydrogen) atoms. The number of rotatable bonds is 9. The Bertz CT molecular complexity index is 1460. The van der Waals surface area contributed by atoms with Crippen LogP contribution in [0.3, 0.4) is 0 Å². The van der Waals surface area contributed by atoms with E-state index in [1.807, 2.05) is 24.3 Å². The van der Waals surface area contributed by atoms with Gasteiger partial charge in [-0.15, -0.1) is 13.2 Å². The zero-order valence-electron chi connectivity index (χ0n) is 22.2. The minimum Gasteiger partial charge on any atom is -0.404 e. The van der Waals surface area contributed by atoms with Crippen LogP contribution in [0.1, 0.15) is 25.7 Å². The quantitative estimate of drug-likeness (QED) is 0.318. The van der Waals surface area contributed by atoms with Crippen LogP contribution in [0.5, 0.6) is 5.75 Å². The number of alkyl halides is 3. The summed E-state index contributed by atoms with van der Waals surface area (Å²) in [6.07, 6.45) is -1.68. The summed E-state index contributed by atoms with van der Waals surface area (Å²) in [5.74, 6) is 1.14. The van der Waals surface area contributed by atoms with Gasteiger partial charge in [-0.1, -0.05) is 28.1 Å². The van der Waals surface area contributed by atoms with E-state index in [0.29, 0.717) is 31.6 Å². The minimum atomic E-state index is -5.01. The van der Waals surface area contributed by atoms with Crippen LogP contribution in [-0.2, 0) is 14.8 Å². The van der Waals surface area contributed by atoms with Gasteiger partial charge in [0, 0.05) is 36.0 Å². The Balaban J connectivity index is 1.15. The highest BCUT2D eigenvalue weighted by Crippen LogP contribution is 2.33. The van der Waals surface area contributed by atoms with Crippen molar-refractivity contribution in [2.45, 2.75) is 36.9 Å². The molecular weight excluding hydrogens is 627 g/mol. The summed E-state index contributed by atoms with van der Waals surface area (Å²) in [5, 5.41) is 4.41. The molecule has 0 spiro atoms. The van der Waals surface area contributed by atoms with Crippen molar-refractivity contribution in [1.29, 1.82) is 0 Å². The van der Waals surface area contributed by atoms with E-state index in [0.717, 1.165) is 67.6 Å². The summed E-state index contributed by atoms with van der Waals surface area (Å²) in [5.41, 5.74) is 0.872. The van der Waals surface area contributed by atoms with E-state index in [4.69, 9.17) is 14.7 Å². The first-order chi connectivity index (χ1) is 19.6. The van der Waals surface area contributed by atoms with Crippen molar-refractivity contribution in [2.24, 2.45) is 11.8 Å². The van der Waals surface area contributed by atoms with E-state index in [-0.39, 0.29) is 16.9 Å². The molecule has 0 bridgehead atoms. The fraction of sp³-hybridized carbons (Fsp3) is 0.481. The first-order valence-electron chi connectivity index (χ1n) is 13.5. The SMILES string of the molecule is O=S(=O)(NCC1CCC(CNc2nc(N3CCOCC3)c3ccccc3n2)CC1)c1ccc(Br)cc1OC(F)(F)F. The lowest BCUT2D eigenvalue weighted by Crippen LogP contribution is -2.37. The number of anilines is 2. The average Bonchev–Trinajstić information content (AvgIpc) is 2.94. The highest BCUT2D eigenvalue weighted by atomic mass is 79.9. The number of nitrogens with one attached hydrogen (secondary N) is 2. The second kappa shape index (κ2) is 12.7. The normalized spacial score (nSPS) is 20.2. The molecule has 2 fully saturated rings. The zero-order valence-corrected chi connectivity index (χ0v) is 24.6. The summed E-state index contributed by atoms with van der Waals surface area (Å²) >= 11 is 3.06. The number of sulfonamides is 1. The molecule has 3 aromatic rings.